The largest absolute Gasteiger partial charge is 0.299 e. The van der Waals surface area contributed by atoms with Gasteiger partial charge < -0.3 is 0 Å². The first-order valence-corrected chi connectivity index (χ1v) is 9.04. The van der Waals surface area contributed by atoms with Gasteiger partial charge in [-0.3, -0.25) is 4.79 Å². The highest BCUT2D eigenvalue weighted by atomic mass is 16.1. The quantitative estimate of drug-likeness (QED) is 0.466. The maximum absolute atomic E-state index is 10.9. The molecule has 0 aromatic carbocycles. The van der Waals surface area contributed by atoms with Crippen molar-refractivity contribution in [2.45, 2.75) is 72.6 Å². The van der Waals surface area contributed by atoms with Gasteiger partial charge in [0.05, 0.1) is 0 Å². The third-order valence-electron chi connectivity index (χ3n) is 7.68. The number of hydrogen-bond acceptors (Lipinski definition) is 1. The first kappa shape index (κ1) is 15.3. The van der Waals surface area contributed by atoms with Gasteiger partial charge in [-0.15, -0.1) is 0 Å². The summed E-state index contributed by atoms with van der Waals surface area (Å²) in [6.07, 6.45) is 12.4. The Morgan fingerprint density at radius 1 is 1.10 bits per heavy atom. The molecule has 3 rings (SSSR count). The SMILES string of the molecule is CC1C(=CC=O)CCC2C1CCC1C(C)(C)CCCC21C. The van der Waals surface area contributed by atoms with Gasteiger partial charge >= 0.3 is 0 Å². The van der Waals surface area contributed by atoms with Gasteiger partial charge in [0.15, 0.2) is 0 Å². The van der Waals surface area contributed by atoms with Crippen molar-refractivity contribution in [3.63, 3.8) is 0 Å². The van der Waals surface area contributed by atoms with Gasteiger partial charge in [0.1, 0.15) is 6.29 Å². The van der Waals surface area contributed by atoms with Crippen LogP contribution in [-0.2, 0) is 4.79 Å². The highest BCUT2D eigenvalue weighted by Crippen LogP contribution is 2.64. The van der Waals surface area contributed by atoms with Crippen molar-refractivity contribution in [3.05, 3.63) is 11.6 Å². The maximum atomic E-state index is 10.9. The van der Waals surface area contributed by atoms with E-state index in [1.54, 1.807) is 0 Å². The predicted molar refractivity (Wildman–Crippen MR) is 88.0 cm³/mol. The van der Waals surface area contributed by atoms with Crippen molar-refractivity contribution in [2.24, 2.45) is 34.5 Å². The van der Waals surface area contributed by atoms with Gasteiger partial charge in [-0.25, -0.2) is 0 Å². The molecule has 3 aliphatic carbocycles. The maximum Gasteiger partial charge on any atom is 0.142 e. The second-order valence-electron chi connectivity index (χ2n) is 8.95. The van der Waals surface area contributed by atoms with Crippen LogP contribution in [0.25, 0.3) is 0 Å². The molecule has 118 valence electrons. The fourth-order valence-electron chi connectivity index (χ4n) is 6.67. The smallest absolute Gasteiger partial charge is 0.142 e. The lowest BCUT2D eigenvalue weighted by molar-refractivity contribution is -0.113. The minimum absolute atomic E-state index is 0.528. The van der Waals surface area contributed by atoms with Crippen molar-refractivity contribution in [2.75, 3.05) is 0 Å². The molecule has 0 saturated heterocycles. The summed E-state index contributed by atoms with van der Waals surface area (Å²) in [4.78, 5) is 10.9. The van der Waals surface area contributed by atoms with Crippen LogP contribution in [0.1, 0.15) is 72.6 Å². The Balaban J connectivity index is 1.90. The van der Waals surface area contributed by atoms with E-state index >= 15 is 0 Å². The Labute approximate surface area is 130 Å². The second kappa shape index (κ2) is 5.25. The lowest BCUT2D eigenvalue weighted by Crippen LogP contribution is -2.53. The van der Waals surface area contributed by atoms with Crippen molar-refractivity contribution in [1.82, 2.24) is 0 Å². The first-order chi connectivity index (χ1) is 9.90. The van der Waals surface area contributed by atoms with Crippen LogP contribution in [0.3, 0.4) is 0 Å². The van der Waals surface area contributed by atoms with Crippen molar-refractivity contribution in [1.29, 1.82) is 0 Å². The Bertz CT molecular complexity index is 447. The summed E-state index contributed by atoms with van der Waals surface area (Å²) in [5.74, 6) is 3.23. The molecule has 1 nitrogen and oxygen atoms in total. The number of fused-ring (bicyclic) bond motifs is 3. The molecule has 3 saturated carbocycles. The van der Waals surface area contributed by atoms with E-state index in [1.807, 2.05) is 6.08 Å². The van der Waals surface area contributed by atoms with E-state index in [2.05, 4.69) is 27.7 Å². The van der Waals surface area contributed by atoms with Gasteiger partial charge in [-0.05, 0) is 79.1 Å². The third-order valence-corrected chi connectivity index (χ3v) is 7.68. The summed E-state index contributed by atoms with van der Waals surface area (Å²) in [6.45, 7) is 10.0. The van der Waals surface area contributed by atoms with Gasteiger partial charge in [0.2, 0.25) is 0 Å². The number of hydrogen-bond donors (Lipinski definition) is 0. The summed E-state index contributed by atoms with van der Waals surface area (Å²) in [7, 11) is 0. The molecular formula is C20H32O. The van der Waals surface area contributed by atoms with Crippen LogP contribution >= 0.6 is 0 Å². The molecule has 0 heterocycles. The molecule has 0 N–H and O–H groups in total. The fourth-order valence-corrected chi connectivity index (χ4v) is 6.67. The topological polar surface area (TPSA) is 17.1 Å². The molecular weight excluding hydrogens is 256 g/mol. The van der Waals surface area contributed by atoms with E-state index in [-0.39, 0.29) is 0 Å². The molecule has 3 fully saturated rings. The average Bonchev–Trinajstić information content (AvgIpc) is 2.41. The zero-order valence-corrected chi connectivity index (χ0v) is 14.3. The Hall–Kier alpha value is -0.590. The van der Waals surface area contributed by atoms with Gasteiger partial charge in [-0.1, -0.05) is 39.7 Å². The molecule has 0 spiro atoms. The highest BCUT2D eigenvalue weighted by molar-refractivity contribution is 5.66. The number of carbonyl (C=O) groups is 1. The number of carbonyl (C=O) groups excluding carboxylic acids is 1. The highest BCUT2D eigenvalue weighted by Gasteiger charge is 2.56. The predicted octanol–water partition coefficient (Wildman–Crippen LogP) is 5.40. The van der Waals surface area contributed by atoms with E-state index in [0.29, 0.717) is 16.7 Å². The van der Waals surface area contributed by atoms with Gasteiger partial charge in [0, 0.05) is 0 Å². The normalized spacial score (nSPS) is 47.5. The summed E-state index contributed by atoms with van der Waals surface area (Å²) < 4.78 is 0. The first-order valence-electron chi connectivity index (χ1n) is 9.04. The number of allylic oxidation sites excluding steroid dienone is 2. The minimum atomic E-state index is 0.528. The van der Waals surface area contributed by atoms with E-state index in [4.69, 9.17) is 0 Å². The molecule has 1 heteroatoms. The van der Waals surface area contributed by atoms with Gasteiger partial charge in [-0.2, -0.15) is 0 Å². The van der Waals surface area contributed by atoms with Crippen molar-refractivity contribution in [3.8, 4) is 0 Å². The van der Waals surface area contributed by atoms with Crippen LogP contribution in [0, 0.1) is 34.5 Å². The van der Waals surface area contributed by atoms with Crippen LogP contribution < -0.4 is 0 Å². The lowest BCUT2D eigenvalue weighted by Gasteiger charge is -2.61. The molecule has 5 atom stereocenters. The number of aldehydes is 1. The van der Waals surface area contributed by atoms with Crippen molar-refractivity contribution >= 4 is 6.29 Å². The third kappa shape index (κ3) is 2.32. The average molecular weight is 288 g/mol. The lowest BCUT2D eigenvalue weighted by atomic mass is 9.43. The summed E-state index contributed by atoms with van der Waals surface area (Å²) in [5, 5.41) is 0. The zero-order valence-electron chi connectivity index (χ0n) is 14.3. The van der Waals surface area contributed by atoms with Crippen LogP contribution in [0.5, 0.6) is 0 Å². The Kier molecular flexibility index (Phi) is 3.83. The standard InChI is InChI=1S/C20H32O/c1-14-15(10-13-21)6-8-17-16(14)7-9-18-19(2,3)11-5-12-20(17,18)4/h10,13-14,16-18H,5-9,11-12H2,1-4H3. The molecule has 21 heavy (non-hydrogen) atoms. The summed E-state index contributed by atoms with van der Waals surface area (Å²) >= 11 is 0. The van der Waals surface area contributed by atoms with Crippen LogP contribution in [-0.4, -0.2) is 6.29 Å². The molecule has 0 radical (unpaired) electrons. The molecule has 0 amide bonds. The van der Waals surface area contributed by atoms with E-state index in [9.17, 15) is 4.79 Å². The molecule has 0 aromatic heterocycles. The Morgan fingerprint density at radius 2 is 1.86 bits per heavy atom. The molecule has 0 bridgehead atoms. The van der Waals surface area contributed by atoms with Gasteiger partial charge in [0.25, 0.3) is 0 Å². The Morgan fingerprint density at radius 3 is 2.57 bits per heavy atom. The minimum Gasteiger partial charge on any atom is -0.299 e. The molecule has 0 aromatic rings. The van der Waals surface area contributed by atoms with E-state index in [0.717, 1.165) is 30.5 Å². The van der Waals surface area contributed by atoms with Crippen LogP contribution in [0.4, 0.5) is 0 Å². The van der Waals surface area contributed by atoms with Crippen molar-refractivity contribution < 1.29 is 4.79 Å². The summed E-state index contributed by atoms with van der Waals surface area (Å²) in [5.41, 5.74) is 2.49. The van der Waals surface area contributed by atoms with E-state index in [1.165, 1.54) is 44.1 Å². The zero-order chi connectivity index (χ0) is 15.3. The monoisotopic (exact) mass is 288 g/mol. The van der Waals surface area contributed by atoms with E-state index < -0.39 is 0 Å². The van der Waals surface area contributed by atoms with Crippen LogP contribution in [0.15, 0.2) is 11.6 Å². The molecule has 0 aliphatic heterocycles. The summed E-state index contributed by atoms with van der Waals surface area (Å²) in [6, 6.07) is 0. The van der Waals surface area contributed by atoms with Crippen LogP contribution in [0.2, 0.25) is 0 Å². The fraction of sp³-hybridized carbons (Fsp3) is 0.850. The number of rotatable bonds is 1. The second-order valence-corrected chi connectivity index (χ2v) is 8.95. The molecule has 3 aliphatic rings. The molecule has 5 unspecified atom stereocenters.